The summed E-state index contributed by atoms with van der Waals surface area (Å²) in [6, 6.07) is 3.90. The van der Waals surface area contributed by atoms with Gasteiger partial charge in [0.2, 0.25) is 0 Å². The van der Waals surface area contributed by atoms with E-state index in [-0.39, 0.29) is 28.4 Å². The number of benzene rings is 1. The third-order valence-corrected chi connectivity index (χ3v) is 3.79. The molecule has 20 heavy (non-hydrogen) atoms. The molecule has 1 aromatic carbocycles. The summed E-state index contributed by atoms with van der Waals surface area (Å²) in [6.07, 6.45) is 1.65. The molecule has 0 bridgehead atoms. The summed E-state index contributed by atoms with van der Waals surface area (Å²) in [5.74, 6) is -0.898. The lowest BCUT2D eigenvalue weighted by molar-refractivity contribution is -0.386. The van der Waals surface area contributed by atoms with Gasteiger partial charge in [0.1, 0.15) is 18.0 Å². The zero-order chi connectivity index (χ0) is 14.9. The van der Waals surface area contributed by atoms with E-state index in [0.717, 1.165) is 25.0 Å². The molecule has 0 spiro atoms. The zero-order valence-electron chi connectivity index (χ0n) is 10.3. The number of nitrogens with zero attached hydrogens (tertiary/aromatic N) is 2. The Morgan fingerprint density at radius 3 is 2.80 bits per heavy atom. The van der Waals surface area contributed by atoms with Gasteiger partial charge in [0.05, 0.1) is 15.5 Å². The van der Waals surface area contributed by atoms with Crippen LogP contribution >= 0.6 is 15.9 Å². The van der Waals surface area contributed by atoms with Crippen molar-refractivity contribution in [3.8, 4) is 11.8 Å². The molecule has 8 heteroatoms. The second-order valence-corrected chi connectivity index (χ2v) is 5.56. The van der Waals surface area contributed by atoms with E-state index in [0.29, 0.717) is 0 Å². The van der Waals surface area contributed by atoms with E-state index in [1.54, 1.807) is 0 Å². The van der Waals surface area contributed by atoms with Crippen molar-refractivity contribution in [2.24, 2.45) is 11.7 Å². The van der Waals surface area contributed by atoms with Crippen LogP contribution in [0.15, 0.2) is 16.6 Å². The normalized spacial score (nSPS) is 17.1. The molecule has 0 radical (unpaired) electrons. The van der Waals surface area contributed by atoms with Crippen LogP contribution in [0.5, 0.6) is 5.75 Å². The second kappa shape index (κ2) is 5.34. The predicted molar refractivity (Wildman–Crippen MR) is 71.5 cm³/mol. The predicted octanol–water partition coefficient (Wildman–Crippen LogP) is 2.51. The van der Waals surface area contributed by atoms with E-state index in [2.05, 4.69) is 15.9 Å². The first-order chi connectivity index (χ1) is 9.37. The quantitative estimate of drug-likeness (QED) is 0.653. The summed E-state index contributed by atoms with van der Waals surface area (Å²) in [7, 11) is 0. The zero-order valence-corrected chi connectivity index (χ0v) is 11.9. The van der Waals surface area contributed by atoms with Gasteiger partial charge < -0.3 is 10.5 Å². The van der Waals surface area contributed by atoms with Crippen molar-refractivity contribution < 1.29 is 14.1 Å². The third kappa shape index (κ3) is 2.89. The number of hydrogen-bond acceptors (Lipinski definition) is 5. The molecule has 0 heterocycles. The van der Waals surface area contributed by atoms with Gasteiger partial charge in [-0.2, -0.15) is 5.26 Å². The number of halogens is 2. The molecule has 1 fully saturated rings. The maximum Gasteiger partial charge on any atom is 0.312 e. The van der Waals surface area contributed by atoms with Gasteiger partial charge in [-0.25, -0.2) is 4.39 Å². The smallest absolute Gasteiger partial charge is 0.312 e. The van der Waals surface area contributed by atoms with Crippen LogP contribution in [-0.2, 0) is 0 Å². The lowest BCUT2D eigenvalue weighted by Gasteiger charge is -2.21. The fraction of sp³-hybridized carbons (Fsp3) is 0.417. The maximum absolute atomic E-state index is 13.4. The first-order valence-corrected chi connectivity index (χ1v) is 6.63. The average Bonchev–Trinajstić information content (AvgIpc) is 3.23. The number of nitro groups is 1. The monoisotopic (exact) mass is 343 g/mol. The molecule has 1 aliphatic rings. The Hall–Kier alpha value is -1.72. The summed E-state index contributed by atoms with van der Waals surface area (Å²) in [4.78, 5) is 10.2. The van der Waals surface area contributed by atoms with Crippen LogP contribution in [-0.4, -0.2) is 17.1 Å². The van der Waals surface area contributed by atoms with Gasteiger partial charge in [-0.05, 0) is 34.7 Å². The minimum atomic E-state index is -1.20. The summed E-state index contributed by atoms with van der Waals surface area (Å²) < 4.78 is 18.7. The van der Waals surface area contributed by atoms with Crippen LogP contribution in [0.1, 0.15) is 12.8 Å². The highest BCUT2D eigenvalue weighted by atomic mass is 79.9. The molecule has 106 valence electrons. The van der Waals surface area contributed by atoms with Gasteiger partial charge >= 0.3 is 5.69 Å². The number of nitrogens with two attached hydrogens (primary N) is 1. The fourth-order valence-electron chi connectivity index (χ4n) is 1.81. The van der Waals surface area contributed by atoms with Crippen LogP contribution in [0.3, 0.4) is 0 Å². The van der Waals surface area contributed by atoms with Crippen molar-refractivity contribution >= 4 is 21.6 Å². The van der Waals surface area contributed by atoms with E-state index in [9.17, 15) is 14.5 Å². The lowest BCUT2D eigenvalue weighted by Crippen LogP contribution is -2.46. The summed E-state index contributed by atoms with van der Waals surface area (Å²) in [6.45, 7) is -0.212. The number of rotatable bonds is 5. The van der Waals surface area contributed by atoms with Crippen LogP contribution in [0.4, 0.5) is 10.1 Å². The molecule has 1 aliphatic carbocycles. The minimum Gasteiger partial charge on any atom is -0.484 e. The molecule has 2 N–H and O–H groups in total. The van der Waals surface area contributed by atoms with Crippen molar-refractivity contribution in [3.63, 3.8) is 0 Å². The molecular formula is C12H11BrFN3O3. The van der Waals surface area contributed by atoms with Crippen LogP contribution in [0.25, 0.3) is 0 Å². The Bertz CT molecular complexity index is 600. The Morgan fingerprint density at radius 2 is 2.30 bits per heavy atom. The van der Waals surface area contributed by atoms with Gasteiger partial charge in [-0.15, -0.1) is 0 Å². The van der Waals surface area contributed by atoms with E-state index < -0.39 is 16.3 Å². The van der Waals surface area contributed by atoms with Crippen LogP contribution in [0.2, 0.25) is 0 Å². The summed E-state index contributed by atoms with van der Waals surface area (Å²) in [5, 5.41) is 20.0. The first kappa shape index (κ1) is 14.7. The van der Waals surface area contributed by atoms with Gasteiger partial charge in [-0.1, -0.05) is 0 Å². The van der Waals surface area contributed by atoms with Gasteiger partial charge in [0.15, 0.2) is 5.75 Å². The molecule has 1 atom stereocenters. The molecule has 1 aromatic rings. The molecule has 6 nitrogen and oxygen atoms in total. The second-order valence-electron chi connectivity index (χ2n) is 4.71. The highest BCUT2D eigenvalue weighted by Gasteiger charge is 2.43. The maximum atomic E-state index is 13.4. The largest absolute Gasteiger partial charge is 0.484 e. The Labute approximate surface area is 122 Å². The van der Waals surface area contributed by atoms with Gasteiger partial charge in [-0.3, -0.25) is 10.1 Å². The van der Waals surface area contributed by atoms with Gasteiger partial charge in [0.25, 0.3) is 0 Å². The van der Waals surface area contributed by atoms with E-state index in [1.807, 2.05) is 6.07 Å². The van der Waals surface area contributed by atoms with Crippen molar-refractivity contribution in [2.75, 3.05) is 6.61 Å². The Kier molecular flexibility index (Phi) is 3.92. The minimum absolute atomic E-state index is 0.0202. The van der Waals surface area contributed by atoms with Crippen LogP contribution in [0, 0.1) is 33.2 Å². The highest BCUT2D eigenvalue weighted by Crippen LogP contribution is 2.39. The lowest BCUT2D eigenvalue weighted by atomic mass is 9.98. The standard InChI is InChI=1S/C12H11BrFN3O3/c13-8-3-10(17(18)19)11(4-9(8)14)20-6-12(16,5-15)7-1-2-7/h3-4,7H,1-2,6,16H2. The number of ether oxygens (including phenoxy) is 1. The average molecular weight is 344 g/mol. The molecule has 1 saturated carbocycles. The van der Waals surface area contributed by atoms with Gasteiger partial charge in [0, 0.05) is 12.1 Å². The third-order valence-electron chi connectivity index (χ3n) is 3.18. The summed E-state index contributed by atoms with van der Waals surface area (Å²) >= 11 is 2.87. The highest BCUT2D eigenvalue weighted by molar-refractivity contribution is 9.10. The fourth-order valence-corrected chi connectivity index (χ4v) is 2.14. The molecule has 0 amide bonds. The molecular weight excluding hydrogens is 333 g/mol. The molecule has 1 unspecified atom stereocenters. The van der Waals surface area contributed by atoms with E-state index >= 15 is 0 Å². The number of nitriles is 1. The molecule has 0 aromatic heterocycles. The van der Waals surface area contributed by atoms with Crippen molar-refractivity contribution in [2.45, 2.75) is 18.4 Å². The van der Waals surface area contributed by atoms with Crippen molar-refractivity contribution in [1.82, 2.24) is 0 Å². The molecule has 2 rings (SSSR count). The summed E-state index contributed by atoms with van der Waals surface area (Å²) in [5.41, 5.74) is 4.31. The molecule has 0 saturated heterocycles. The SMILES string of the molecule is N#CC(N)(COc1cc(F)c(Br)cc1[N+](=O)[O-])C1CC1. The number of hydrogen-bond donors (Lipinski definition) is 1. The first-order valence-electron chi connectivity index (χ1n) is 5.84. The topological polar surface area (TPSA) is 102 Å². The van der Waals surface area contributed by atoms with Crippen molar-refractivity contribution in [3.05, 3.63) is 32.5 Å². The number of nitro benzene ring substituents is 1. The van der Waals surface area contributed by atoms with Crippen LogP contribution < -0.4 is 10.5 Å². The van der Waals surface area contributed by atoms with E-state index in [4.69, 9.17) is 15.7 Å². The Balaban J connectivity index is 2.23. The molecule has 0 aliphatic heterocycles. The Morgan fingerprint density at radius 1 is 1.65 bits per heavy atom. The van der Waals surface area contributed by atoms with E-state index in [1.165, 1.54) is 0 Å². The van der Waals surface area contributed by atoms with Crippen molar-refractivity contribution in [1.29, 1.82) is 5.26 Å².